The van der Waals surface area contributed by atoms with Crippen LogP contribution in [0.25, 0.3) is 0 Å². The lowest BCUT2D eigenvalue weighted by Crippen LogP contribution is -2.37. The molecule has 2 heterocycles. The summed E-state index contributed by atoms with van der Waals surface area (Å²) in [5.41, 5.74) is -0.741. The number of para-hydroxylation sites is 1. The maximum atomic E-state index is 13.5. The Bertz CT molecular complexity index is 1160. The van der Waals surface area contributed by atoms with Gasteiger partial charge in [-0.15, -0.1) is 0 Å². The zero-order valence-corrected chi connectivity index (χ0v) is 19.3. The van der Waals surface area contributed by atoms with E-state index in [0.29, 0.717) is 5.56 Å². The highest BCUT2D eigenvalue weighted by molar-refractivity contribution is 7.52. The molecule has 2 N–H and O–H groups in total. The van der Waals surface area contributed by atoms with Crippen LogP contribution in [0.5, 0.6) is 5.75 Å². The standard InChI is InChI=1S/C21H26N3O8P/c1-4-17(20(26)29-3)23-33(28,32-15-8-6-5-7-9-15)30-13-16-10-11-18(31-16)24-12-14(2)19(25)22-21(24)27/h5-12,16-18H,4,13H2,1-3H3,(H,23,28)(H,22,25,27)/t16-,17?,18+,33?/m0/s1. The molecule has 0 fully saturated rings. The molecule has 0 spiro atoms. The van der Waals surface area contributed by atoms with Crippen molar-refractivity contribution < 1.29 is 27.9 Å². The normalized spacial score (nSPS) is 20.2. The first-order valence-electron chi connectivity index (χ1n) is 10.3. The molecule has 1 aliphatic rings. The number of aromatic nitrogens is 2. The van der Waals surface area contributed by atoms with Gasteiger partial charge < -0.3 is 14.0 Å². The molecule has 11 nitrogen and oxygen atoms in total. The Balaban J connectivity index is 1.72. The molecular weight excluding hydrogens is 453 g/mol. The fourth-order valence-electron chi connectivity index (χ4n) is 3.04. The molecule has 1 aliphatic heterocycles. The van der Waals surface area contributed by atoms with E-state index in [1.165, 1.54) is 17.9 Å². The number of ether oxygens (including phenoxy) is 2. The van der Waals surface area contributed by atoms with Crippen LogP contribution in [-0.2, 0) is 23.4 Å². The van der Waals surface area contributed by atoms with Crippen LogP contribution >= 0.6 is 7.75 Å². The van der Waals surface area contributed by atoms with Gasteiger partial charge in [-0.25, -0.2) is 9.36 Å². The zero-order chi connectivity index (χ0) is 24.0. The molecule has 12 heteroatoms. The van der Waals surface area contributed by atoms with Gasteiger partial charge in [-0.05, 0) is 31.6 Å². The summed E-state index contributed by atoms with van der Waals surface area (Å²) >= 11 is 0. The van der Waals surface area contributed by atoms with E-state index < -0.39 is 43.3 Å². The number of rotatable bonds is 10. The first kappa shape index (κ1) is 24.7. The fraction of sp³-hybridized carbons (Fsp3) is 0.381. The second kappa shape index (κ2) is 10.8. The van der Waals surface area contributed by atoms with Crippen LogP contribution in [0.15, 0.2) is 58.3 Å². The van der Waals surface area contributed by atoms with E-state index in [-0.39, 0.29) is 18.8 Å². The topological polar surface area (TPSA) is 138 Å². The van der Waals surface area contributed by atoms with Crippen LogP contribution in [-0.4, -0.2) is 41.4 Å². The smallest absolute Gasteiger partial charge is 0.459 e. The molecule has 0 amide bonds. The number of H-pyrrole nitrogens is 1. The molecule has 0 aliphatic carbocycles. The monoisotopic (exact) mass is 479 g/mol. The number of aryl methyl sites for hydroxylation is 1. The second-order valence-electron chi connectivity index (χ2n) is 7.24. The lowest BCUT2D eigenvalue weighted by Gasteiger charge is -2.25. The number of carbonyl (C=O) groups is 1. The number of nitrogens with one attached hydrogen (secondary N) is 2. The highest BCUT2D eigenvalue weighted by atomic mass is 31.2. The van der Waals surface area contributed by atoms with Crippen molar-refractivity contribution in [2.45, 2.75) is 38.6 Å². The number of hydrogen-bond acceptors (Lipinski definition) is 8. The molecule has 4 atom stereocenters. The third-order valence-corrected chi connectivity index (χ3v) is 6.38. The number of aromatic amines is 1. The van der Waals surface area contributed by atoms with E-state index in [9.17, 15) is 18.9 Å². The molecular formula is C21H26N3O8P. The molecule has 178 valence electrons. The molecule has 2 aromatic rings. The Labute approximate surface area is 189 Å². The van der Waals surface area contributed by atoms with E-state index in [1.54, 1.807) is 56.3 Å². The lowest BCUT2D eigenvalue weighted by atomic mass is 10.2. The quantitative estimate of drug-likeness (QED) is 0.298. The molecule has 1 aromatic carbocycles. The molecule has 33 heavy (non-hydrogen) atoms. The van der Waals surface area contributed by atoms with Gasteiger partial charge in [0.15, 0.2) is 6.23 Å². The first-order valence-corrected chi connectivity index (χ1v) is 11.8. The van der Waals surface area contributed by atoms with Crippen LogP contribution in [0.2, 0.25) is 0 Å². The van der Waals surface area contributed by atoms with Crippen molar-refractivity contribution in [3.05, 3.63) is 75.1 Å². The molecule has 0 radical (unpaired) electrons. The second-order valence-corrected chi connectivity index (χ2v) is 8.93. The van der Waals surface area contributed by atoms with Crippen molar-refractivity contribution in [1.29, 1.82) is 0 Å². The van der Waals surface area contributed by atoms with Gasteiger partial charge in [-0.2, -0.15) is 5.09 Å². The average Bonchev–Trinajstić information content (AvgIpc) is 3.27. The minimum atomic E-state index is -4.03. The number of methoxy groups -OCH3 is 1. The maximum Gasteiger partial charge on any atom is 0.459 e. The Hall–Kier alpha value is -2.98. The summed E-state index contributed by atoms with van der Waals surface area (Å²) < 4.78 is 36.4. The van der Waals surface area contributed by atoms with Crippen LogP contribution in [0, 0.1) is 6.92 Å². The fourth-order valence-corrected chi connectivity index (χ4v) is 4.63. The van der Waals surface area contributed by atoms with Crippen molar-refractivity contribution in [3.8, 4) is 5.75 Å². The van der Waals surface area contributed by atoms with Gasteiger partial charge in [0.1, 0.15) is 17.9 Å². The van der Waals surface area contributed by atoms with Gasteiger partial charge in [0.2, 0.25) is 0 Å². The van der Waals surface area contributed by atoms with Crippen molar-refractivity contribution in [1.82, 2.24) is 14.6 Å². The molecule has 0 saturated heterocycles. The first-order chi connectivity index (χ1) is 15.7. The van der Waals surface area contributed by atoms with E-state index >= 15 is 0 Å². The van der Waals surface area contributed by atoms with Gasteiger partial charge in [0, 0.05) is 11.8 Å². The van der Waals surface area contributed by atoms with Gasteiger partial charge in [-0.1, -0.05) is 31.2 Å². The lowest BCUT2D eigenvalue weighted by molar-refractivity contribution is -0.142. The zero-order valence-electron chi connectivity index (χ0n) is 18.4. The summed E-state index contributed by atoms with van der Waals surface area (Å²) in [6, 6.07) is 7.46. The Morgan fingerprint density at radius 2 is 2.00 bits per heavy atom. The third kappa shape index (κ3) is 6.29. The van der Waals surface area contributed by atoms with Crippen molar-refractivity contribution in [2.24, 2.45) is 0 Å². The van der Waals surface area contributed by atoms with Crippen LogP contribution < -0.4 is 20.9 Å². The largest absolute Gasteiger partial charge is 0.468 e. The predicted molar refractivity (Wildman–Crippen MR) is 119 cm³/mol. The average molecular weight is 479 g/mol. The summed E-state index contributed by atoms with van der Waals surface area (Å²) in [6.07, 6.45) is 3.50. The van der Waals surface area contributed by atoms with Gasteiger partial charge >= 0.3 is 19.4 Å². The third-order valence-electron chi connectivity index (χ3n) is 4.81. The van der Waals surface area contributed by atoms with E-state index in [1.807, 2.05) is 0 Å². The molecule has 1 aromatic heterocycles. The summed E-state index contributed by atoms with van der Waals surface area (Å²) in [4.78, 5) is 37.9. The van der Waals surface area contributed by atoms with Crippen molar-refractivity contribution >= 4 is 13.7 Å². The van der Waals surface area contributed by atoms with Crippen LogP contribution in [0.3, 0.4) is 0 Å². The van der Waals surface area contributed by atoms with Gasteiger partial charge in [-0.3, -0.25) is 23.7 Å². The number of nitrogens with zero attached hydrogens (tertiary/aromatic N) is 1. The number of benzene rings is 1. The minimum Gasteiger partial charge on any atom is -0.468 e. The molecule has 0 saturated carbocycles. The van der Waals surface area contributed by atoms with E-state index in [0.717, 1.165) is 0 Å². The summed E-state index contributed by atoms with van der Waals surface area (Å²) in [7, 11) is -2.80. The predicted octanol–water partition coefficient (Wildman–Crippen LogP) is 2.04. The highest BCUT2D eigenvalue weighted by Crippen LogP contribution is 2.45. The van der Waals surface area contributed by atoms with Crippen molar-refractivity contribution in [3.63, 3.8) is 0 Å². The summed E-state index contributed by atoms with van der Waals surface area (Å²) in [6.45, 7) is 3.10. The molecule has 0 bridgehead atoms. The number of hydrogen-bond donors (Lipinski definition) is 2. The number of carbonyl (C=O) groups excluding carboxylic acids is 1. The Morgan fingerprint density at radius 1 is 1.27 bits per heavy atom. The maximum absolute atomic E-state index is 13.5. The Morgan fingerprint density at radius 3 is 2.67 bits per heavy atom. The van der Waals surface area contributed by atoms with Crippen LogP contribution in [0.1, 0.15) is 25.1 Å². The van der Waals surface area contributed by atoms with Gasteiger partial charge in [0.05, 0.1) is 13.7 Å². The van der Waals surface area contributed by atoms with E-state index in [4.69, 9.17) is 18.5 Å². The Kier molecular flexibility index (Phi) is 8.04. The van der Waals surface area contributed by atoms with Crippen molar-refractivity contribution in [2.75, 3.05) is 13.7 Å². The minimum absolute atomic E-state index is 0.196. The SMILES string of the molecule is CCC(NP(=O)(OC[C@@H]1C=C[C@H](n2cc(C)c(=O)[nH]c2=O)O1)Oc1ccccc1)C(=O)OC. The highest BCUT2D eigenvalue weighted by Gasteiger charge is 2.35. The molecule has 2 unspecified atom stereocenters. The summed E-state index contributed by atoms with van der Waals surface area (Å²) in [5.74, 6) is -0.327. The summed E-state index contributed by atoms with van der Waals surface area (Å²) in [5, 5.41) is 2.63. The number of esters is 1. The van der Waals surface area contributed by atoms with Gasteiger partial charge in [0.25, 0.3) is 5.56 Å². The van der Waals surface area contributed by atoms with Crippen LogP contribution in [0.4, 0.5) is 0 Å². The van der Waals surface area contributed by atoms with E-state index in [2.05, 4.69) is 10.1 Å². The molecule has 3 rings (SSSR count).